The molecule has 92 valence electrons. The smallest absolute Gasteiger partial charge is 0.273 e. The number of para-hydroxylation sites is 1. The van der Waals surface area contributed by atoms with E-state index in [1.165, 1.54) is 0 Å². The standard InChI is InChI=1S/C13H14N4O/c1-10(2)8-14-13(18)12-9-17(16-15-12)11-6-4-3-5-7-11/h3-7,9H,1,8H2,2H3,(H,14,18). The Kier molecular flexibility index (Phi) is 3.52. The lowest BCUT2D eigenvalue weighted by Gasteiger charge is -2.00. The van der Waals surface area contributed by atoms with E-state index >= 15 is 0 Å². The Labute approximate surface area is 105 Å². The van der Waals surface area contributed by atoms with Crippen LogP contribution in [0.3, 0.4) is 0 Å². The number of aromatic nitrogens is 3. The highest BCUT2D eigenvalue weighted by molar-refractivity contribution is 5.92. The van der Waals surface area contributed by atoms with Gasteiger partial charge in [0.05, 0.1) is 11.9 Å². The number of carbonyl (C=O) groups excluding carboxylic acids is 1. The molecule has 1 heterocycles. The molecule has 1 N–H and O–H groups in total. The lowest BCUT2D eigenvalue weighted by molar-refractivity contribution is 0.0952. The molecule has 0 fully saturated rings. The van der Waals surface area contributed by atoms with Crippen LogP contribution in [0.25, 0.3) is 5.69 Å². The third-order valence-electron chi connectivity index (χ3n) is 2.30. The maximum Gasteiger partial charge on any atom is 0.273 e. The van der Waals surface area contributed by atoms with Gasteiger partial charge in [-0.05, 0) is 19.1 Å². The van der Waals surface area contributed by atoms with Crippen molar-refractivity contribution in [3.05, 3.63) is 54.4 Å². The molecule has 1 aromatic carbocycles. The van der Waals surface area contributed by atoms with Crippen LogP contribution in [0.4, 0.5) is 0 Å². The van der Waals surface area contributed by atoms with E-state index in [9.17, 15) is 4.79 Å². The molecule has 0 radical (unpaired) electrons. The third-order valence-corrected chi connectivity index (χ3v) is 2.30. The average molecular weight is 242 g/mol. The molecule has 0 aliphatic heterocycles. The van der Waals surface area contributed by atoms with Crippen molar-refractivity contribution in [2.24, 2.45) is 0 Å². The van der Waals surface area contributed by atoms with E-state index in [1.807, 2.05) is 37.3 Å². The minimum Gasteiger partial charge on any atom is -0.347 e. The van der Waals surface area contributed by atoms with E-state index < -0.39 is 0 Å². The second-order valence-electron chi connectivity index (χ2n) is 4.02. The molecular formula is C13H14N4O. The lowest BCUT2D eigenvalue weighted by atomic mass is 10.3. The number of hydrogen-bond donors (Lipinski definition) is 1. The molecule has 0 atom stereocenters. The zero-order valence-corrected chi connectivity index (χ0v) is 10.1. The predicted octanol–water partition coefficient (Wildman–Crippen LogP) is 1.57. The van der Waals surface area contributed by atoms with Crippen LogP contribution in [0.2, 0.25) is 0 Å². The first-order valence-electron chi connectivity index (χ1n) is 5.57. The average Bonchev–Trinajstić information content (AvgIpc) is 2.86. The molecular weight excluding hydrogens is 228 g/mol. The Morgan fingerprint density at radius 3 is 2.78 bits per heavy atom. The summed E-state index contributed by atoms with van der Waals surface area (Å²) in [5.41, 5.74) is 2.04. The van der Waals surface area contributed by atoms with Crippen LogP contribution < -0.4 is 5.32 Å². The van der Waals surface area contributed by atoms with Crippen LogP contribution in [0, 0.1) is 0 Å². The van der Waals surface area contributed by atoms with Crippen molar-refractivity contribution < 1.29 is 4.79 Å². The summed E-state index contributed by atoms with van der Waals surface area (Å²) in [6, 6.07) is 9.51. The fourth-order valence-corrected chi connectivity index (χ4v) is 1.40. The summed E-state index contributed by atoms with van der Waals surface area (Å²) in [6.45, 7) is 6.01. The van der Waals surface area contributed by atoms with Gasteiger partial charge in [0, 0.05) is 6.54 Å². The molecule has 0 saturated carbocycles. The number of carbonyl (C=O) groups is 1. The topological polar surface area (TPSA) is 59.8 Å². The molecule has 2 rings (SSSR count). The molecule has 1 amide bonds. The van der Waals surface area contributed by atoms with E-state index in [1.54, 1.807) is 10.9 Å². The highest BCUT2D eigenvalue weighted by Gasteiger charge is 2.10. The summed E-state index contributed by atoms with van der Waals surface area (Å²) in [5.74, 6) is -0.250. The normalized spacial score (nSPS) is 10.1. The SMILES string of the molecule is C=C(C)CNC(=O)c1cn(-c2ccccc2)nn1. The largest absolute Gasteiger partial charge is 0.347 e. The first-order chi connectivity index (χ1) is 8.66. The summed E-state index contributed by atoms with van der Waals surface area (Å²) in [4.78, 5) is 11.7. The maximum atomic E-state index is 11.7. The summed E-state index contributed by atoms with van der Waals surface area (Å²) < 4.78 is 1.57. The number of benzene rings is 1. The number of rotatable bonds is 4. The molecule has 0 aliphatic rings. The molecule has 0 spiro atoms. The lowest BCUT2D eigenvalue weighted by Crippen LogP contribution is -2.25. The number of nitrogens with one attached hydrogen (secondary N) is 1. The Hall–Kier alpha value is -2.43. The minimum absolute atomic E-state index is 0.250. The summed E-state index contributed by atoms with van der Waals surface area (Å²) in [6.07, 6.45) is 1.60. The molecule has 5 heteroatoms. The highest BCUT2D eigenvalue weighted by Crippen LogP contribution is 2.05. The van der Waals surface area contributed by atoms with Gasteiger partial charge in [-0.3, -0.25) is 4.79 Å². The van der Waals surface area contributed by atoms with Crippen LogP contribution in [0.1, 0.15) is 17.4 Å². The van der Waals surface area contributed by atoms with E-state index in [2.05, 4.69) is 22.2 Å². The van der Waals surface area contributed by atoms with E-state index in [4.69, 9.17) is 0 Å². The summed E-state index contributed by atoms with van der Waals surface area (Å²) in [5, 5.41) is 10.5. The van der Waals surface area contributed by atoms with Crippen molar-refractivity contribution in [1.82, 2.24) is 20.3 Å². The van der Waals surface area contributed by atoms with Gasteiger partial charge in [0.2, 0.25) is 0 Å². The van der Waals surface area contributed by atoms with Gasteiger partial charge in [-0.2, -0.15) is 0 Å². The van der Waals surface area contributed by atoms with Gasteiger partial charge in [0.25, 0.3) is 5.91 Å². The molecule has 0 saturated heterocycles. The van der Waals surface area contributed by atoms with E-state index in [0.717, 1.165) is 11.3 Å². The first kappa shape index (κ1) is 12.0. The van der Waals surface area contributed by atoms with Gasteiger partial charge >= 0.3 is 0 Å². The zero-order valence-electron chi connectivity index (χ0n) is 10.1. The van der Waals surface area contributed by atoms with Crippen LogP contribution in [0.15, 0.2) is 48.7 Å². The Bertz CT molecular complexity index is 559. The number of hydrogen-bond acceptors (Lipinski definition) is 3. The van der Waals surface area contributed by atoms with Crippen LogP contribution in [0.5, 0.6) is 0 Å². The first-order valence-corrected chi connectivity index (χ1v) is 5.57. The summed E-state index contributed by atoms with van der Waals surface area (Å²) in [7, 11) is 0. The van der Waals surface area contributed by atoms with Crippen molar-refractivity contribution in [2.75, 3.05) is 6.54 Å². The Morgan fingerprint density at radius 2 is 2.11 bits per heavy atom. The van der Waals surface area contributed by atoms with Gasteiger partial charge in [0.15, 0.2) is 5.69 Å². The molecule has 0 bridgehead atoms. The van der Waals surface area contributed by atoms with Gasteiger partial charge in [-0.15, -0.1) is 5.10 Å². The van der Waals surface area contributed by atoms with E-state index in [0.29, 0.717) is 12.2 Å². The molecule has 18 heavy (non-hydrogen) atoms. The molecule has 1 aromatic heterocycles. The second kappa shape index (κ2) is 5.27. The highest BCUT2D eigenvalue weighted by atomic mass is 16.2. The third kappa shape index (κ3) is 2.82. The predicted molar refractivity (Wildman–Crippen MR) is 68.5 cm³/mol. The number of amides is 1. The van der Waals surface area contributed by atoms with Crippen molar-refractivity contribution >= 4 is 5.91 Å². The van der Waals surface area contributed by atoms with Gasteiger partial charge in [-0.25, -0.2) is 4.68 Å². The van der Waals surface area contributed by atoms with Gasteiger partial charge in [-0.1, -0.05) is 35.6 Å². The van der Waals surface area contributed by atoms with Crippen molar-refractivity contribution in [3.63, 3.8) is 0 Å². The Morgan fingerprint density at radius 1 is 1.39 bits per heavy atom. The quantitative estimate of drug-likeness (QED) is 0.828. The second-order valence-corrected chi connectivity index (χ2v) is 4.02. The molecule has 2 aromatic rings. The van der Waals surface area contributed by atoms with Crippen molar-refractivity contribution in [2.45, 2.75) is 6.92 Å². The van der Waals surface area contributed by atoms with Crippen LogP contribution in [-0.4, -0.2) is 27.4 Å². The summed E-state index contributed by atoms with van der Waals surface area (Å²) >= 11 is 0. The number of nitrogens with zero attached hydrogens (tertiary/aromatic N) is 3. The van der Waals surface area contributed by atoms with Crippen molar-refractivity contribution in [3.8, 4) is 5.69 Å². The fourth-order valence-electron chi connectivity index (χ4n) is 1.40. The molecule has 0 aliphatic carbocycles. The monoisotopic (exact) mass is 242 g/mol. The molecule has 5 nitrogen and oxygen atoms in total. The van der Waals surface area contributed by atoms with Gasteiger partial charge in [0.1, 0.15) is 0 Å². The minimum atomic E-state index is -0.250. The maximum absolute atomic E-state index is 11.7. The zero-order chi connectivity index (χ0) is 13.0. The van der Waals surface area contributed by atoms with Gasteiger partial charge < -0.3 is 5.32 Å². The van der Waals surface area contributed by atoms with Crippen molar-refractivity contribution in [1.29, 1.82) is 0 Å². The fraction of sp³-hybridized carbons (Fsp3) is 0.154. The van der Waals surface area contributed by atoms with Crippen LogP contribution >= 0.6 is 0 Å². The Balaban J connectivity index is 2.11. The van der Waals surface area contributed by atoms with E-state index in [-0.39, 0.29) is 5.91 Å². The van der Waals surface area contributed by atoms with Crippen LogP contribution in [-0.2, 0) is 0 Å². The molecule has 0 unspecified atom stereocenters.